The van der Waals surface area contributed by atoms with Gasteiger partial charge in [0.2, 0.25) is 11.3 Å². The van der Waals surface area contributed by atoms with E-state index >= 15 is 0 Å². The summed E-state index contributed by atoms with van der Waals surface area (Å²) in [5.41, 5.74) is 1.09. The predicted molar refractivity (Wildman–Crippen MR) is 80.0 cm³/mol. The van der Waals surface area contributed by atoms with Crippen molar-refractivity contribution >= 4 is 5.97 Å². The molecule has 2 rings (SSSR count). The van der Waals surface area contributed by atoms with Gasteiger partial charge in [0.05, 0.1) is 6.61 Å². The van der Waals surface area contributed by atoms with Gasteiger partial charge in [-0.25, -0.2) is 4.79 Å². The predicted octanol–water partition coefficient (Wildman–Crippen LogP) is 2.74. The zero-order valence-corrected chi connectivity index (χ0v) is 13.0. The maximum absolute atomic E-state index is 12.5. The Bertz CT molecular complexity index is 570. The van der Waals surface area contributed by atoms with Crippen molar-refractivity contribution in [3.8, 4) is 5.88 Å². The summed E-state index contributed by atoms with van der Waals surface area (Å²) in [6.45, 7) is 5.68. The minimum atomic E-state index is -0.610. The van der Waals surface area contributed by atoms with E-state index in [1.165, 1.54) is 0 Å². The normalized spacial score (nSPS) is 15.2. The first-order valence-corrected chi connectivity index (χ1v) is 7.68. The molecular formula is C16H23NO4. The average Bonchev–Trinajstić information content (AvgIpc) is 2.92. The van der Waals surface area contributed by atoms with E-state index in [4.69, 9.17) is 9.47 Å². The SMILES string of the molecule is CCOC(=O)c1c(OC2CCCC2)[nH]c(C)c(CC)c1=O. The van der Waals surface area contributed by atoms with Gasteiger partial charge in [0, 0.05) is 11.3 Å². The van der Waals surface area contributed by atoms with Crippen molar-refractivity contribution in [2.45, 2.75) is 59.0 Å². The second-order valence-electron chi connectivity index (χ2n) is 5.36. The van der Waals surface area contributed by atoms with Crippen LogP contribution in [0.4, 0.5) is 0 Å². The van der Waals surface area contributed by atoms with Crippen molar-refractivity contribution in [1.82, 2.24) is 4.98 Å². The third-order valence-electron chi connectivity index (χ3n) is 3.90. The molecule has 1 heterocycles. The lowest BCUT2D eigenvalue weighted by atomic mass is 10.1. The summed E-state index contributed by atoms with van der Waals surface area (Å²) in [4.78, 5) is 27.7. The first-order chi connectivity index (χ1) is 10.1. The molecule has 0 bridgehead atoms. The molecule has 1 aromatic rings. The van der Waals surface area contributed by atoms with Crippen molar-refractivity contribution in [3.63, 3.8) is 0 Å². The topological polar surface area (TPSA) is 68.4 Å². The molecule has 1 fully saturated rings. The number of aryl methyl sites for hydroxylation is 1. The first-order valence-electron chi connectivity index (χ1n) is 7.68. The molecule has 0 saturated heterocycles. The van der Waals surface area contributed by atoms with Crippen LogP contribution in [0, 0.1) is 6.92 Å². The molecule has 1 aliphatic carbocycles. The Labute approximate surface area is 124 Å². The van der Waals surface area contributed by atoms with E-state index in [1.54, 1.807) is 6.92 Å². The highest BCUT2D eigenvalue weighted by Crippen LogP contribution is 2.25. The van der Waals surface area contributed by atoms with Gasteiger partial charge in [-0.05, 0) is 46.0 Å². The lowest BCUT2D eigenvalue weighted by molar-refractivity contribution is 0.0515. The molecule has 1 aliphatic rings. The second-order valence-corrected chi connectivity index (χ2v) is 5.36. The number of hydrogen-bond acceptors (Lipinski definition) is 4. The molecule has 5 heteroatoms. The summed E-state index contributed by atoms with van der Waals surface area (Å²) >= 11 is 0. The van der Waals surface area contributed by atoms with Crippen LogP contribution in [-0.4, -0.2) is 23.7 Å². The Morgan fingerprint density at radius 2 is 1.95 bits per heavy atom. The maximum atomic E-state index is 12.5. The van der Waals surface area contributed by atoms with E-state index in [9.17, 15) is 9.59 Å². The molecule has 0 spiro atoms. The number of aromatic amines is 1. The minimum Gasteiger partial charge on any atom is -0.475 e. The number of rotatable bonds is 5. The van der Waals surface area contributed by atoms with E-state index in [-0.39, 0.29) is 29.6 Å². The molecule has 1 N–H and O–H groups in total. The highest BCUT2D eigenvalue weighted by atomic mass is 16.5. The number of esters is 1. The molecule has 1 aromatic heterocycles. The van der Waals surface area contributed by atoms with Gasteiger partial charge < -0.3 is 14.5 Å². The standard InChI is InChI=1S/C16H23NO4/c1-4-12-10(3)17-15(21-11-8-6-7-9-11)13(14(12)18)16(19)20-5-2/h11H,4-9H2,1-3H3,(H,17,18). The highest BCUT2D eigenvalue weighted by Gasteiger charge is 2.26. The van der Waals surface area contributed by atoms with E-state index in [0.29, 0.717) is 12.0 Å². The lowest BCUT2D eigenvalue weighted by Gasteiger charge is -2.17. The van der Waals surface area contributed by atoms with Crippen LogP contribution in [0.3, 0.4) is 0 Å². The van der Waals surface area contributed by atoms with Gasteiger partial charge in [-0.1, -0.05) is 6.92 Å². The minimum absolute atomic E-state index is 0.00574. The maximum Gasteiger partial charge on any atom is 0.347 e. The molecular weight excluding hydrogens is 270 g/mol. The second kappa shape index (κ2) is 6.78. The van der Waals surface area contributed by atoms with Crippen molar-refractivity contribution in [2.24, 2.45) is 0 Å². The number of carbonyl (C=O) groups is 1. The van der Waals surface area contributed by atoms with Crippen LogP contribution in [0.5, 0.6) is 5.88 Å². The Balaban J connectivity index is 2.45. The average molecular weight is 293 g/mol. The number of nitrogens with one attached hydrogen (secondary N) is 1. The zero-order chi connectivity index (χ0) is 15.4. The third-order valence-corrected chi connectivity index (χ3v) is 3.90. The van der Waals surface area contributed by atoms with E-state index in [1.807, 2.05) is 13.8 Å². The van der Waals surface area contributed by atoms with Crippen molar-refractivity contribution < 1.29 is 14.3 Å². The molecule has 21 heavy (non-hydrogen) atoms. The van der Waals surface area contributed by atoms with Crippen molar-refractivity contribution in [1.29, 1.82) is 0 Å². The number of carbonyl (C=O) groups excluding carboxylic acids is 1. The molecule has 5 nitrogen and oxygen atoms in total. The third kappa shape index (κ3) is 3.28. The van der Waals surface area contributed by atoms with Gasteiger partial charge in [0.1, 0.15) is 6.10 Å². The molecule has 116 valence electrons. The van der Waals surface area contributed by atoms with Crippen LogP contribution in [0.1, 0.15) is 61.1 Å². The van der Waals surface area contributed by atoms with E-state index in [0.717, 1.165) is 31.4 Å². The van der Waals surface area contributed by atoms with Crippen LogP contribution in [0.15, 0.2) is 4.79 Å². The van der Waals surface area contributed by atoms with Gasteiger partial charge in [0.15, 0.2) is 5.56 Å². The quantitative estimate of drug-likeness (QED) is 0.848. The summed E-state index contributed by atoms with van der Waals surface area (Å²) in [6.07, 6.45) is 4.79. The number of aromatic nitrogens is 1. The van der Waals surface area contributed by atoms with Crippen LogP contribution in [0.25, 0.3) is 0 Å². The molecule has 0 amide bonds. The largest absolute Gasteiger partial charge is 0.475 e. The molecule has 0 unspecified atom stereocenters. The smallest absolute Gasteiger partial charge is 0.347 e. The highest BCUT2D eigenvalue weighted by molar-refractivity contribution is 5.92. The van der Waals surface area contributed by atoms with Gasteiger partial charge >= 0.3 is 5.97 Å². The van der Waals surface area contributed by atoms with Gasteiger partial charge in [-0.3, -0.25) is 4.79 Å². The number of ether oxygens (including phenoxy) is 2. The van der Waals surface area contributed by atoms with Crippen LogP contribution >= 0.6 is 0 Å². The van der Waals surface area contributed by atoms with Crippen LogP contribution in [0.2, 0.25) is 0 Å². The lowest BCUT2D eigenvalue weighted by Crippen LogP contribution is -2.26. The zero-order valence-electron chi connectivity index (χ0n) is 13.0. The fraction of sp³-hybridized carbons (Fsp3) is 0.625. The Hall–Kier alpha value is -1.78. The Morgan fingerprint density at radius 1 is 1.29 bits per heavy atom. The Kier molecular flexibility index (Phi) is 5.04. The Morgan fingerprint density at radius 3 is 2.52 bits per heavy atom. The summed E-state index contributed by atoms with van der Waals surface area (Å²) < 4.78 is 10.9. The summed E-state index contributed by atoms with van der Waals surface area (Å²) in [7, 11) is 0. The number of H-pyrrole nitrogens is 1. The van der Waals surface area contributed by atoms with E-state index < -0.39 is 5.97 Å². The van der Waals surface area contributed by atoms with Crippen LogP contribution in [-0.2, 0) is 11.2 Å². The molecule has 0 aliphatic heterocycles. The van der Waals surface area contributed by atoms with Gasteiger partial charge in [-0.2, -0.15) is 0 Å². The fourth-order valence-electron chi connectivity index (χ4n) is 2.81. The van der Waals surface area contributed by atoms with Crippen LogP contribution < -0.4 is 10.2 Å². The van der Waals surface area contributed by atoms with E-state index in [2.05, 4.69) is 4.98 Å². The number of hydrogen-bond donors (Lipinski definition) is 1. The molecule has 1 saturated carbocycles. The molecule has 0 atom stereocenters. The summed E-state index contributed by atoms with van der Waals surface area (Å²) in [5.74, 6) is -0.346. The molecule has 0 radical (unpaired) electrons. The first kappa shape index (κ1) is 15.6. The van der Waals surface area contributed by atoms with Gasteiger partial charge in [0.25, 0.3) is 0 Å². The summed E-state index contributed by atoms with van der Waals surface area (Å²) in [6, 6.07) is 0. The summed E-state index contributed by atoms with van der Waals surface area (Å²) in [5, 5.41) is 0. The monoisotopic (exact) mass is 293 g/mol. The van der Waals surface area contributed by atoms with Gasteiger partial charge in [-0.15, -0.1) is 0 Å². The van der Waals surface area contributed by atoms with Crippen molar-refractivity contribution in [3.05, 3.63) is 27.0 Å². The van der Waals surface area contributed by atoms with Crippen molar-refractivity contribution in [2.75, 3.05) is 6.61 Å². The molecule has 0 aromatic carbocycles. The number of pyridine rings is 1. The fourth-order valence-corrected chi connectivity index (χ4v) is 2.81.